The number of rotatable bonds is 5. The maximum Gasteiger partial charge on any atom is 0.265 e. The van der Waals surface area contributed by atoms with Crippen molar-refractivity contribution in [2.45, 2.75) is 18.7 Å². The highest BCUT2D eigenvalue weighted by atomic mass is 32.2. The predicted molar refractivity (Wildman–Crippen MR) is 116 cm³/mol. The van der Waals surface area contributed by atoms with Gasteiger partial charge in [0.15, 0.2) is 0 Å². The van der Waals surface area contributed by atoms with Crippen molar-refractivity contribution in [3.8, 4) is 21.8 Å². The molecule has 4 aromatic rings. The van der Waals surface area contributed by atoms with Crippen LogP contribution in [-0.2, 0) is 17.1 Å². The molecule has 6 nitrogen and oxygen atoms in total. The lowest BCUT2D eigenvalue weighted by atomic mass is 10.1. The Morgan fingerprint density at radius 3 is 2.28 bits per heavy atom. The minimum absolute atomic E-state index is 0.219. The highest BCUT2D eigenvalue weighted by Crippen LogP contribution is 2.30. The average molecular weight is 425 g/mol. The van der Waals surface area contributed by atoms with Crippen molar-refractivity contribution >= 4 is 27.0 Å². The van der Waals surface area contributed by atoms with Gasteiger partial charge in [-0.15, -0.1) is 11.3 Å². The second kappa shape index (κ2) is 7.46. The Morgan fingerprint density at radius 2 is 1.66 bits per heavy atom. The number of thiazole rings is 1. The Morgan fingerprint density at radius 1 is 0.966 bits per heavy atom. The van der Waals surface area contributed by atoms with Crippen LogP contribution in [0.25, 0.3) is 21.8 Å². The molecule has 4 rings (SSSR count). The van der Waals surface area contributed by atoms with E-state index < -0.39 is 10.0 Å². The molecular weight excluding hydrogens is 404 g/mol. The zero-order chi connectivity index (χ0) is 20.6. The second-order valence-electron chi connectivity index (χ2n) is 6.71. The lowest BCUT2D eigenvalue weighted by molar-refractivity contribution is 0.599. The number of hydrogen-bond acceptors (Lipinski definition) is 5. The highest BCUT2D eigenvalue weighted by molar-refractivity contribution is 7.92. The van der Waals surface area contributed by atoms with E-state index in [4.69, 9.17) is 4.98 Å². The largest absolute Gasteiger partial charge is 0.280 e. The third kappa shape index (κ3) is 3.81. The van der Waals surface area contributed by atoms with Gasteiger partial charge in [-0.25, -0.2) is 13.4 Å². The smallest absolute Gasteiger partial charge is 0.265 e. The zero-order valence-electron chi connectivity index (χ0n) is 16.2. The number of anilines is 1. The van der Waals surface area contributed by atoms with E-state index in [9.17, 15) is 8.42 Å². The van der Waals surface area contributed by atoms with Gasteiger partial charge in [0, 0.05) is 29.2 Å². The van der Waals surface area contributed by atoms with Crippen molar-refractivity contribution in [3.05, 3.63) is 71.4 Å². The van der Waals surface area contributed by atoms with Gasteiger partial charge in [-0.05, 0) is 26.0 Å². The number of aryl methyl sites for hydroxylation is 2. The number of hydrogen-bond donors (Lipinski definition) is 1. The first-order valence-electron chi connectivity index (χ1n) is 8.99. The van der Waals surface area contributed by atoms with Crippen LogP contribution < -0.4 is 4.72 Å². The lowest BCUT2D eigenvalue weighted by Crippen LogP contribution is -2.14. The summed E-state index contributed by atoms with van der Waals surface area (Å²) in [6, 6.07) is 17.2. The minimum atomic E-state index is -3.71. The van der Waals surface area contributed by atoms with Gasteiger partial charge in [-0.2, -0.15) is 5.10 Å². The Labute approximate surface area is 173 Å². The average Bonchev–Trinajstić information content (AvgIpc) is 3.28. The molecule has 29 heavy (non-hydrogen) atoms. The number of sulfonamides is 1. The Hall–Kier alpha value is -2.97. The molecule has 0 fully saturated rings. The molecule has 0 aliphatic carbocycles. The third-order valence-corrected chi connectivity index (χ3v) is 7.19. The molecule has 0 radical (unpaired) electrons. The van der Waals surface area contributed by atoms with Crippen LogP contribution in [-0.4, -0.2) is 23.2 Å². The van der Waals surface area contributed by atoms with E-state index >= 15 is 0 Å². The quantitative estimate of drug-likeness (QED) is 0.507. The first kappa shape index (κ1) is 19.4. The van der Waals surface area contributed by atoms with E-state index in [1.807, 2.05) is 47.8 Å². The molecule has 148 valence electrons. The molecule has 2 heterocycles. The van der Waals surface area contributed by atoms with Crippen LogP contribution in [0.2, 0.25) is 0 Å². The summed E-state index contributed by atoms with van der Waals surface area (Å²) in [7, 11) is -1.98. The zero-order valence-corrected chi connectivity index (χ0v) is 17.9. The monoisotopic (exact) mass is 424 g/mol. The van der Waals surface area contributed by atoms with Crippen LogP contribution in [0.1, 0.15) is 11.4 Å². The van der Waals surface area contributed by atoms with Crippen LogP contribution >= 0.6 is 11.3 Å². The lowest BCUT2D eigenvalue weighted by Gasteiger charge is -2.09. The van der Waals surface area contributed by atoms with Crippen LogP contribution in [0.3, 0.4) is 0 Å². The van der Waals surface area contributed by atoms with E-state index in [2.05, 4.69) is 9.82 Å². The highest BCUT2D eigenvalue weighted by Gasteiger charge is 2.23. The van der Waals surface area contributed by atoms with Crippen LogP contribution in [0, 0.1) is 13.8 Å². The number of benzene rings is 2. The van der Waals surface area contributed by atoms with Crippen molar-refractivity contribution in [3.63, 3.8) is 0 Å². The number of aromatic nitrogens is 3. The fourth-order valence-corrected chi connectivity index (χ4v) is 5.51. The first-order chi connectivity index (χ1) is 13.8. The Balaban J connectivity index is 1.56. The molecular formula is C21H20N4O2S2. The predicted octanol–water partition coefficient (Wildman–Crippen LogP) is 4.63. The Bertz CT molecular complexity index is 1260. The minimum Gasteiger partial charge on any atom is -0.280 e. The third-order valence-electron chi connectivity index (χ3n) is 4.67. The molecule has 0 bridgehead atoms. The molecule has 0 unspecified atom stereocenters. The van der Waals surface area contributed by atoms with Crippen LogP contribution in [0.15, 0.2) is 64.9 Å². The summed E-state index contributed by atoms with van der Waals surface area (Å²) >= 11 is 1.58. The normalized spacial score (nSPS) is 11.6. The summed E-state index contributed by atoms with van der Waals surface area (Å²) in [6.07, 6.45) is 0. The van der Waals surface area contributed by atoms with Crippen molar-refractivity contribution < 1.29 is 8.42 Å². The number of nitrogens with one attached hydrogen (secondary N) is 1. The van der Waals surface area contributed by atoms with Crippen molar-refractivity contribution in [1.29, 1.82) is 0 Å². The maximum atomic E-state index is 12.8. The van der Waals surface area contributed by atoms with Gasteiger partial charge in [0.1, 0.15) is 9.90 Å². The fourth-order valence-electron chi connectivity index (χ4n) is 3.18. The van der Waals surface area contributed by atoms with E-state index in [1.165, 1.54) is 0 Å². The van der Waals surface area contributed by atoms with E-state index in [-0.39, 0.29) is 4.90 Å². The van der Waals surface area contributed by atoms with Gasteiger partial charge in [-0.1, -0.05) is 42.5 Å². The van der Waals surface area contributed by atoms with Gasteiger partial charge < -0.3 is 0 Å². The van der Waals surface area contributed by atoms with Crippen LogP contribution in [0.5, 0.6) is 0 Å². The second-order valence-corrected chi connectivity index (χ2v) is 9.19. The fraction of sp³-hybridized carbons (Fsp3) is 0.143. The van der Waals surface area contributed by atoms with Crippen molar-refractivity contribution in [1.82, 2.24) is 14.8 Å². The van der Waals surface area contributed by atoms with Crippen LogP contribution in [0.4, 0.5) is 5.69 Å². The number of nitrogens with zero attached hydrogens (tertiary/aromatic N) is 3. The molecule has 0 saturated carbocycles. The molecule has 0 atom stereocenters. The maximum absolute atomic E-state index is 12.8. The molecule has 0 spiro atoms. The van der Waals surface area contributed by atoms with Gasteiger partial charge in [0.25, 0.3) is 10.0 Å². The van der Waals surface area contributed by atoms with Gasteiger partial charge in [0.05, 0.1) is 17.1 Å². The van der Waals surface area contributed by atoms with Gasteiger partial charge in [0.2, 0.25) is 0 Å². The summed E-state index contributed by atoms with van der Waals surface area (Å²) < 4.78 is 29.8. The van der Waals surface area contributed by atoms with E-state index in [0.717, 1.165) is 21.8 Å². The molecule has 2 aromatic heterocycles. The summed E-state index contributed by atoms with van der Waals surface area (Å²) in [5, 5.41) is 7.15. The molecule has 0 aliphatic heterocycles. The molecule has 0 amide bonds. The summed E-state index contributed by atoms with van der Waals surface area (Å²) in [6.45, 7) is 3.43. The molecule has 0 aliphatic rings. The van der Waals surface area contributed by atoms with Gasteiger partial charge >= 0.3 is 0 Å². The molecule has 1 N–H and O–H groups in total. The Kier molecular flexibility index (Phi) is 4.97. The standard InChI is InChI=1S/C21H20N4O2S2/c1-14-20(15(2)25(3)23-14)29(26,27)24-18-11-9-16(10-12-18)19-13-28-21(22-19)17-7-5-4-6-8-17/h4-13,24H,1-3H3. The SMILES string of the molecule is Cc1nn(C)c(C)c1S(=O)(=O)Nc1ccc(-c2csc(-c3ccccc3)n2)cc1. The summed E-state index contributed by atoms with van der Waals surface area (Å²) in [4.78, 5) is 4.92. The van der Waals surface area contributed by atoms with Crippen molar-refractivity contribution in [2.24, 2.45) is 7.05 Å². The van der Waals surface area contributed by atoms with E-state index in [1.54, 1.807) is 49.0 Å². The molecule has 8 heteroatoms. The van der Waals surface area contributed by atoms with E-state index in [0.29, 0.717) is 17.1 Å². The molecule has 0 saturated heterocycles. The van der Waals surface area contributed by atoms with Crippen molar-refractivity contribution in [2.75, 3.05) is 4.72 Å². The summed E-state index contributed by atoms with van der Waals surface area (Å²) in [5.74, 6) is 0. The molecule has 2 aromatic carbocycles. The topological polar surface area (TPSA) is 76.9 Å². The first-order valence-corrected chi connectivity index (χ1v) is 11.4. The van der Waals surface area contributed by atoms with Gasteiger partial charge in [-0.3, -0.25) is 9.40 Å². The summed E-state index contributed by atoms with van der Waals surface area (Å²) in [5.41, 5.74) is 4.44.